The third kappa shape index (κ3) is 2.64. The van der Waals surface area contributed by atoms with Crippen molar-refractivity contribution in [3.63, 3.8) is 0 Å². The summed E-state index contributed by atoms with van der Waals surface area (Å²) >= 11 is 5.61. The van der Waals surface area contributed by atoms with Gasteiger partial charge in [-0.1, -0.05) is 18.2 Å². The highest BCUT2D eigenvalue weighted by Gasteiger charge is 2.29. The molecule has 1 atom stereocenters. The summed E-state index contributed by atoms with van der Waals surface area (Å²) in [6.45, 7) is 1.73. The van der Waals surface area contributed by atoms with Crippen LogP contribution in [0.4, 0.5) is 5.69 Å². The van der Waals surface area contributed by atoms with Crippen molar-refractivity contribution >= 4 is 29.2 Å². The van der Waals surface area contributed by atoms with Crippen LogP contribution in [-0.4, -0.2) is 30.4 Å². The van der Waals surface area contributed by atoms with Crippen LogP contribution < -0.4 is 4.90 Å². The second kappa shape index (κ2) is 5.40. The molecule has 1 aromatic rings. The van der Waals surface area contributed by atoms with Crippen molar-refractivity contribution in [3.8, 4) is 0 Å². The van der Waals surface area contributed by atoms with Crippen molar-refractivity contribution < 1.29 is 14.3 Å². The molecule has 0 radical (unpaired) electrons. The first kappa shape index (κ1) is 12.9. The molecular weight excluding hydrogens is 254 g/mol. The molecule has 5 heteroatoms. The Morgan fingerprint density at radius 1 is 1.44 bits per heavy atom. The Morgan fingerprint density at radius 2 is 2.17 bits per heavy atom. The number of rotatable bonds is 2. The summed E-state index contributed by atoms with van der Waals surface area (Å²) in [4.78, 5) is 24.4. The third-order valence-corrected chi connectivity index (χ3v) is 3.09. The van der Waals surface area contributed by atoms with Gasteiger partial charge in [0.05, 0.1) is 6.54 Å². The Morgan fingerprint density at radius 3 is 2.83 bits per heavy atom. The van der Waals surface area contributed by atoms with E-state index >= 15 is 0 Å². The molecule has 96 valence electrons. The number of fused-ring (bicyclic) bond motifs is 1. The standard InChI is InChI=1S/C13H14ClNO3/c1-9(16)18-11-6-10-4-2-3-5-12(10)15(8-11)13(17)7-14/h2-5,11H,6-8H2,1H3. The van der Waals surface area contributed by atoms with Crippen LogP contribution in [0.2, 0.25) is 0 Å². The van der Waals surface area contributed by atoms with Gasteiger partial charge in [0.1, 0.15) is 12.0 Å². The molecule has 0 saturated carbocycles. The lowest BCUT2D eigenvalue weighted by Crippen LogP contribution is -2.44. The van der Waals surface area contributed by atoms with Crippen LogP contribution in [0.3, 0.4) is 0 Å². The smallest absolute Gasteiger partial charge is 0.302 e. The number of amides is 1. The van der Waals surface area contributed by atoms with Gasteiger partial charge in [-0.2, -0.15) is 0 Å². The summed E-state index contributed by atoms with van der Waals surface area (Å²) in [7, 11) is 0. The predicted molar refractivity (Wildman–Crippen MR) is 68.8 cm³/mol. The van der Waals surface area contributed by atoms with E-state index in [1.165, 1.54) is 6.92 Å². The molecule has 0 bridgehead atoms. The molecule has 18 heavy (non-hydrogen) atoms. The average Bonchev–Trinajstić information content (AvgIpc) is 2.36. The topological polar surface area (TPSA) is 46.6 Å². The first-order valence-corrected chi connectivity index (χ1v) is 6.26. The van der Waals surface area contributed by atoms with E-state index < -0.39 is 0 Å². The number of esters is 1. The van der Waals surface area contributed by atoms with E-state index in [4.69, 9.17) is 16.3 Å². The van der Waals surface area contributed by atoms with Gasteiger partial charge in [0.25, 0.3) is 0 Å². The van der Waals surface area contributed by atoms with E-state index in [9.17, 15) is 9.59 Å². The SMILES string of the molecule is CC(=O)OC1Cc2ccccc2N(C(=O)CCl)C1. The van der Waals surface area contributed by atoms with Gasteiger partial charge in [0, 0.05) is 19.0 Å². The molecule has 0 aromatic heterocycles. The molecule has 1 heterocycles. The number of benzene rings is 1. The van der Waals surface area contributed by atoms with Crippen molar-refractivity contribution in [2.75, 3.05) is 17.3 Å². The lowest BCUT2D eigenvalue weighted by Gasteiger charge is -2.33. The van der Waals surface area contributed by atoms with Crippen molar-refractivity contribution in [2.24, 2.45) is 0 Å². The number of hydrogen-bond acceptors (Lipinski definition) is 3. The van der Waals surface area contributed by atoms with Gasteiger partial charge in [0.2, 0.25) is 5.91 Å². The minimum absolute atomic E-state index is 0.0822. The van der Waals surface area contributed by atoms with Crippen LogP contribution >= 0.6 is 11.6 Å². The van der Waals surface area contributed by atoms with Crippen molar-refractivity contribution in [3.05, 3.63) is 29.8 Å². The lowest BCUT2D eigenvalue weighted by molar-refractivity contribution is -0.146. The molecule has 4 nitrogen and oxygen atoms in total. The molecule has 0 aliphatic carbocycles. The van der Waals surface area contributed by atoms with Crippen molar-refractivity contribution in [2.45, 2.75) is 19.4 Å². The maximum Gasteiger partial charge on any atom is 0.302 e. The number of para-hydroxylation sites is 1. The zero-order valence-corrected chi connectivity index (χ0v) is 10.8. The van der Waals surface area contributed by atoms with E-state index in [2.05, 4.69) is 0 Å². The number of halogens is 1. The molecule has 0 fully saturated rings. The van der Waals surface area contributed by atoms with Crippen molar-refractivity contribution in [1.29, 1.82) is 0 Å². The highest BCUT2D eigenvalue weighted by molar-refractivity contribution is 6.29. The lowest BCUT2D eigenvalue weighted by atomic mass is 9.99. The number of anilines is 1. The number of ether oxygens (including phenoxy) is 1. The Bertz CT molecular complexity index is 475. The summed E-state index contributed by atoms with van der Waals surface area (Å²) in [5, 5.41) is 0. The molecule has 1 aliphatic rings. The van der Waals surface area contributed by atoms with Crippen molar-refractivity contribution in [1.82, 2.24) is 0 Å². The predicted octanol–water partition coefficient (Wildman–Crippen LogP) is 1.75. The Hall–Kier alpha value is -1.55. The van der Waals surface area contributed by atoms with Crippen LogP contribution in [0.15, 0.2) is 24.3 Å². The second-order valence-corrected chi connectivity index (χ2v) is 4.47. The van der Waals surface area contributed by atoms with E-state index in [1.54, 1.807) is 4.90 Å². The minimum atomic E-state index is -0.336. The molecule has 1 unspecified atom stereocenters. The van der Waals surface area contributed by atoms with Gasteiger partial charge in [-0.25, -0.2) is 0 Å². The highest BCUT2D eigenvalue weighted by atomic mass is 35.5. The maximum atomic E-state index is 11.8. The number of alkyl halides is 1. The van der Waals surface area contributed by atoms with Gasteiger partial charge in [-0.05, 0) is 11.6 Å². The summed E-state index contributed by atoms with van der Waals surface area (Å²) in [6.07, 6.45) is 0.325. The number of carbonyl (C=O) groups is 2. The second-order valence-electron chi connectivity index (χ2n) is 4.20. The zero-order valence-electron chi connectivity index (χ0n) is 10.1. The maximum absolute atomic E-state index is 11.8. The molecule has 1 aromatic carbocycles. The van der Waals surface area contributed by atoms with Crippen LogP contribution in [0, 0.1) is 0 Å². The van der Waals surface area contributed by atoms with Crippen LogP contribution in [-0.2, 0) is 20.7 Å². The van der Waals surface area contributed by atoms with Gasteiger partial charge >= 0.3 is 5.97 Å². The van der Waals surface area contributed by atoms with E-state index in [0.29, 0.717) is 13.0 Å². The van der Waals surface area contributed by atoms with E-state index in [1.807, 2.05) is 24.3 Å². The Balaban J connectivity index is 2.29. The van der Waals surface area contributed by atoms with Crippen LogP contribution in [0.25, 0.3) is 0 Å². The molecule has 1 aliphatic heterocycles. The van der Waals surface area contributed by atoms with Gasteiger partial charge in [0.15, 0.2) is 0 Å². The fourth-order valence-electron chi connectivity index (χ4n) is 2.18. The molecular formula is C13H14ClNO3. The normalized spacial score (nSPS) is 18.1. The third-order valence-electron chi connectivity index (χ3n) is 2.86. The molecule has 0 saturated heterocycles. The molecule has 2 rings (SSSR count). The molecule has 0 N–H and O–H groups in total. The number of nitrogens with zero attached hydrogens (tertiary/aromatic N) is 1. The van der Waals surface area contributed by atoms with E-state index in [0.717, 1.165) is 11.3 Å². The fourth-order valence-corrected chi connectivity index (χ4v) is 2.32. The average molecular weight is 268 g/mol. The summed E-state index contributed by atoms with van der Waals surface area (Å²) < 4.78 is 5.20. The number of carbonyl (C=O) groups excluding carboxylic acids is 2. The van der Waals surface area contributed by atoms with Gasteiger partial charge in [-0.3, -0.25) is 9.59 Å². The van der Waals surface area contributed by atoms with Crippen LogP contribution in [0.5, 0.6) is 0 Å². The zero-order chi connectivity index (χ0) is 13.1. The largest absolute Gasteiger partial charge is 0.460 e. The minimum Gasteiger partial charge on any atom is -0.460 e. The van der Waals surface area contributed by atoms with Gasteiger partial charge < -0.3 is 9.64 Å². The summed E-state index contributed by atoms with van der Waals surface area (Å²) in [5.41, 5.74) is 1.85. The Kier molecular flexibility index (Phi) is 3.87. The van der Waals surface area contributed by atoms with E-state index in [-0.39, 0.29) is 23.9 Å². The first-order valence-electron chi connectivity index (χ1n) is 5.73. The number of hydrogen-bond donors (Lipinski definition) is 0. The van der Waals surface area contributed by atoms with Crippen LogP contribution in [0.1, 0.15) is 12.5 Å². The first-order chi connectivity index (χ1) is 8.61. The molecule has 0 spiro atoms. The Labute approximate surface area is 110 Å². The summed E-state index contributed by atoms with van der Waals surface area (Å²) in [5.74, 6) is -0.597. The molecule has 1 amide bonds. The monoisotopic (exact) mass is 267 g/mol. The highest BCUT2D eigenvalue weighted by Crippen LogP contribution is 2.28. The van der Waals surface area contributed by atoms with Gasteiger partial charge in [-0.15, -0.1) is 11.6 Å². The summed E-state index contributed by atoms with van der Waals surface area (Å²) in [6, 6.07) is 7.58. The fraction of sp³-hybridized carbons (Fsp3) is 0.385. The quantitative estimate of drug-likeness (QED) is 0.606.